The number of benzene rings is 2. The van der Waals surface area contributed by atoms with E-state index in [1.165, 1.54) is 0 Å². The molecule has 0 saturated carbocycles. The monoisotopic (exact) mass is 313 g/mol. The largest absolute Gasteiger partial charge is 0.264 e. The minimum absolute atomic E-state index is 0.604. The van der Waals surface area contributed by atoms with E-state index in [0.717, 1.165) is 16.7 Å². The summed E-state index contributed by atoms with van der Waals surface area (Å²) in [5, 5.41) is 0.604. The molecule has 0 spiro atoms. The fourth-order valence-corrected chi connectivity index (χ4v) is 3.14. The Labute approximate surface area is 134 Å². The first-order valence-corrected chi connectivity index (χ1v) is 7.38. The predicted molar refractivity (Wildman–Crippen MR) is 87.9 cm³/mol. The minimum atomic E-state index is -0.853. The number of alkyl halides is 1. The van der Waals surface area contributed by atoms with E-state index in [4.69, 9.17) is 23.2 Å². The van der Waals surface area contributed by atoms with Crippen LogP contribution in [0.2, 0.25) is 5.02 Å². The summed E-state index contributed by atoms with van der Waals surface area (Å²) >= 11 is 13.5. The zero-order valence-electron chi connectivity index (χ0n) is 11.2. The van der Waals surface area contributed by atoms with E-state index in [9.17, 15) is 0 Å². The SMILES string of the molecule is Clc1ccncc1C(Cl)(c1ccccc1)c1ccccc1. The van der Waals surface area contributed by atoms with Crippen LogP contribution in [0.3, 0.4) is 0 Å². The van der Waals surface area contributed by atoms with Crippen LogP contribution in [0.4, 0.5) is 0 Å². The van der Waals surface area contributed by atoms with Gasteiger partial charge in [0.1, 0.15) is 4.87 Å². The van der Waals surface area contributed by atoms with Crippen molar-refractivity contribution in [3.05, 3.63) is 101 Å². The van der Waals surface area contributed by atoms with Gasteiger partial charge in [0, 0.05) is 23.0 Å². The van der Waals surface area contributed by atoms with Gasteiger partial charge in [0.25, 0.3) is 0 Å². The Morgan fingerprint density at radius 2 is 1.29 bits per heavy atom. The zero-order valence-corrected chi connectivity index (χ0v) is 12.7. The van der Waals surface area contributed by atoms with Gasteiger partial charge in [-0.25, -0.2) is 0 Å². The van der Waals surface area contributed by atoms with E-state index in [1.807, 2.05) is 60.7 Å². The van der Waals surface area contributed by atoms with Crippen LogP contribution in [0, 0.1) is 0 Å². The molecule has 21 heavy (non-hydrogen) atoms. The fourth-order valence-electron chi connectivity index (χ4n) is 2.44. The molecule has 0 bridgehead atoms. The quantitative estimate of drug-likeness (QED) is 0.600. The smallest absolute Gasteiger partial charge is 0.122 e. The van der Waals surface area contributed by atoms with Gasteiger partial charge < -0.3 is 0 Å². The first kappa shape index (κ1) is 14.1. The first-order chi connectivity index (χ1) is 10.2. The Morgan fingerprint density at radius 3 is 1.76 bits per heavy atom. The van der Waals surface area contributed by atoms with Crippen LogP contribution in [0.1, 0.15) is 16.7 Å². The Hall–Kier alpha value is -1.83. The summed E-state index contributed by atoms with van der Waals surface area (Å²) in [7, 11) is 0. The van der Waals surface area contributed by atoms with Crippen molar-refractivity contribution in [2.75, 3.05) is 0 Å². The van der Waals surface area contributed by atoms with Gasteiger partial charge in [-0.15, -0.1) is 11.6 Å². The highest BCUT2D eigenvalue weighted by Crippen LogP contribution is 2.45. The van der Waals surface area contributed by atoms with Crippen LogP contribution in [-0.2, 0) is 4.87 Å². The van der Waals surface area contributed by atoms with E-state index in [2.05, 4.69) is 4.98 Å². The van der Waals surface area contributed by atoms with Gasteiger partial charge in [0.2, 0.25) is 0 Å². The molecule has 0 radical (unpaired) electrons. The molecule has 0 amide bonds. The van der Waals surface area contributed by atoms with Crippen molar-refractivity contribution in [3.8, 4) is 0 Å². The highest BCUT2D eigenvalue weighted by atomic mass is 35.5. The van der Waals surface area contributed by atoms with Crippen LogP contribution in [0.15, 0.2) is 79.1 Å². The molecule has 0 saturated heterocycles. The summed E-state index contributed by atoms with van der Waals surface area (Å²) in [4.78, 5) is 3.34. The number of pyridine rings is 1. The standard InChI is InChI=1S/C18H13Cl2N/c19-17-11-12-21-13-16(17)18(20,14-7-3-1-4-8-14)15-9-5-2-6-10-15/h1-13H. The zero-order chi connectivity index (χ0) is 14.7. The molecule has 0 aliphatic carbocycles. The van der Waals surface area contributed by atoms with Gasteiger partial charge >= 0.3 is 0 Å². The average molecular weight is 314 g/mol. The van der Waals surface area contributed by atoms with Crippen LogP contribution >= 0.6 is 23.2 Å². The van der Waals surface area contributed by atoms with Gasteiger partial charge in [-0.3, -0.25) is 4.98 Å². The van der Waals surface area contributed by atoms with Crippen LogP contribution in [0.25, 0.3) is 0 Å². The molecule has 3 heteroatoms. The second-order valence-electron chi connectivity index (χ2n) is 4.75. The third-order valence-electron chi connectivity index (χ3n) is 3.48. The van der Waals surface area contributed by atoms with Crippen LogP contribution < -0.4 is 0 Å². The van der Waals surface area contributed by atoms with E-state index < -0.39 is 4.87 Å². The maximum Gasteiger partial charge on any atom is 0.122 e. The predicted octanol–water partition coefficient (Wildman–Crippen LogP) is 5.27. The average Bonchev–Trinajstić information content (AvgIpc) is 2.56. The molecule has 3 aromatic rings. The molecule has 0 aliphatic rings. The van der Waals surface area contributed by atoms with Crippen molar-refractivity contribution in [3.63, 3.8) is 0 Å². The lowest BCUT2D eigenvalue weighted by atomic mass is 9.85. The van der Waals surface area contributed by atoms with Crippen LogP contribution in [-0.4, -0.2) is 4.98 Å². The Balaban J connectivity index is 2.29. The third kappa shape index (κ3) is 2.55. The van der Waals surface area contributed by atoms with E-state index in [1.54, 1.807) is 18.5 Å². The second-order valence-corrected chi connectivity index (χ2v) is 5.72. The molecule has 1 nitrogen and oxygen atoms in total. The Morgan fingerprint density at radius 1 is 0.762 bits per heavy atom. The maximum absolute atomic E-state index is 7.10. The van der Waals surface area contributed by atoms with Crippen molar-refractivity contribution >= 4 is 23.2 Å². The molecule has 0 N–H and O–H groups in total. The summed E-state index contributed by atoms with van der Waals surface area (Å²) in [5.74, 6) is 0. The highest BCUT2D eigenvalue weighted by Gasteiger charge is 2.35. The topological polar surface area (TPSA) is 12.9 Å². The first-order valence-electron chi connectivity index (χ1n) is 6.63. The lowest BCUT2D eigenvalue weighted by Crippen LogP contribution is -2.23. The summed E-state index contributed by atoms with van der Waals surface area (Å²) < 4.78 is 0. The number of hydrogen-bond donors (Lipinski definition) is 0. The number of rotatable bonds is 3. The van der Waals surface area contributed by atoms with Gasteiger partial charge in [0.15, 0.2) is 0 Å². The molecule has 0 aliphatic heterocycles. The molecular formula is C18H13Cl2N. The lowest BCUT2D eigenvalue weighted by molar-refractivity contribution is 0.870. The molecule has 0 unspecified atom stereocenters. The summed E-state index contributed by atoms with van der Waals surface area (Å²) in [6, 6.07) is 21.6. The van der Waals surface area contributed by atoms with Crippen molar-refractivity contribution in [2.45, 2.75) is 4.87 Å². The van der Waals surface area contributed by atoms with Gasteiger partial charge in [-0.1, -0.05) is 72.3 Å². The molecule has 2 aromatic carbocycles. The Kier molecular flexibility index (Phi) is 3.96. The van der Waals surface area contributed by atoms with Crippen molar-refractivity contribution in [2.24, 2.45) is 0 Å². The normalized spacial score (nSPS) is 11.3. The molecular weight excluding hydrogens is 301 g/mol. The van der Waals surface area contributed by atoms with Crippen LogP contribution in [0.5, 0.6) is 0 Å². The summed E-state index contributed by atoms with van der Waals surface area (Å²) in [6.45, 7) is 0. The van der Waals surface area contributed by atoms with Gasteiger partial charge in [-0.05, 0) is 17.2 Å². The third-order valence-corrected chi connectivity index (χ3v) is 4.45. The fraction of sp³-hybridized carbons (Fsp3) is 0.0556. The van der Waals surface area contributed by atoms with Crippen molar-refractivity contribution in [1.29, 1.82) is 0 Å². The second kappa shape index (κ2) is 5.88. The lowest BCUT2D eigenvalue weighted by Gasteiger charge is -2.29. The molecule has 0 fully saturated rings. The summed E-state index contributed by atoms with van der Waals surface area (Å²) in [6.07, 6.45) is 3.40. The minimum Gasteiger partial charge on any atom is -0.264 e. The highest BCUT2D eigenvalue weighted by molar-refractivity contribution is 6.34. The number of nitrogens with zero attached hydrogens (tertiary/aromatic N) is 1. The molecule has 3 rings (SSSR count). The Bertz CT molecular complexity index is 687. The molecule has 1 heterocycles. The van der Waals surface area contributed by atoms with Crippen molar-refractivity contribution in [1.82, 2.24) is 4.98 Å². The van der Waals surface area contributed by atoms with Gasteiger partial charge in [-0.2, -0.15) is 0 Å². The van der Waals surface area contributed by atoms with Crippen molar-refractivity contribution < 1.29 is 0 Å². The molecule has 0 atom stereocenters. The van der Waals surface area contributed by atoms with E-state index in [-0.39, 0.29) is 0 Å². The maximum atomic E-state index is 7.10. The van der Waals surface area contributed by atoms with E-state index in [0.29, 0.717) is 5.02 Å². The summed E-state index contributed by atoms with van der Waals surface area (Å²) in [5.41, 5.74) is 2.71. The molecule has 1 aromatic heterocycles. The number of aromatic nitrogens is 1. The van der Waals surface area contributed by atoms with Gasteiger partial charge in [0.05, 0.1) is 0 Å². The van der Waals surface area contributed by atoms with E-state index >= 15 is 0 Å². The number of hydrogen-bond acceptors (Lipinski definition) is 1. The number of halogens is 2. The molecule has 104 valence electrons.